The number of nitrogens with one attached hydrogen (secondary N) is 2. The minimum Gasteiger partial charge on any atom is -0.444 e. The van der Waals surface area contributed by atoms with Crippen LogP contribution < -0.4 is 10.6 Å². The summed E-state index contributed by atoms with van der Waals surface area (Å²) in [6.07, 6.45) is -0.642. The molecule has 0 aliphatic rings. The largest absolute Gasteiger partial charge is 0.444 e. The van der Waals surface area contributed by atoms with E-state index in [-0.39, 0.29) is 19.1 Å². The number of ether oxygens (including phenoxy) is 1. The van der Waals surface area contributed by atoms with Crippen molar-refractivity contribution in [1.29, 1.82) is 0 Å². The molecule has 1 aromatic carbocycles. The molecule has 6 nitrogen and oxygen atoms in total. The molecule has 0 aliphatic carbocycles. The molecule has 110 valence electrons. The second kappa shape index (κ2) is 6.91. The fourth-order valence-corrected chi connectivity index (χ4v) is 1.42. The van der Waals surface area contributed by atoms with Crippen molar-refractivity contribution in [3.05, 3.63) is 29.8 Å². The molecule has 6 heteroatoms. The second-order valence-electron chi connectivity index (χ2n) is 5.26. The Balaban J connectivity index is 2.42. The first kappa shape index (κ1) is 16.0. The van der Waals surface area contributed by atoms with Gasteiger partial charge in [-0.05, 0) is 38.5 Å². The molecule has 0 radical (unpaired) electrons. The van der Waals surface area contributed by atoms with Crippen molar-refractivity contribution in [1.82, 2.24) is 5.32 Å². The highest BCUT2D eigenvalue weighted by atomic mass is 16.6. The van der Waals surface area contributed by atoms with Crippen molar-refractivity contribution in [2.24, 2.45) is 0 Å². The molecule has 1 aromatic rings. The number of benzene rings is 1. The van der Waals surface area contributed by atoms with E-state index in [9.17, 15) is 9.59 Å². The highest BCUT2D eigenvalue weighted by Gasteiger charge is 2.16. The van der Waals surface area contributed by atoms with Crippen LogP contribution in [0.2, 0.25) is 0 Å². The minimum atomic E-state index is -0.642. The lowest BCUT2D eigenvalue weighted by Crippen LogP contribution is -2.37. The molecule has 1 rings (SSSR count). The maximum Gasteiger partial charge on any atom is 0.408 e. The lowest BCUT2D eigenvalue weighted by Gasteiger charge is -2.19. The van der Waals surface area contributed by atoms with Crippen LogP contribution in [0.4, 0.5) is 10.5 Å². The molecule has 0 aromatic heterocycles. The van der Waals surface area contributed by atoms with Crippen molar-refractivity contribution in [3.63, 3.8) is 0 Å². The Morgan fingerprint density at radius 2 is 2.00 bits per heavy atom. The van der Waals surface area contributed by atoms with Gasteiger partial charge in [0.2, 0.25) is 5.91 Å². The van der Waals surface area contributed by atoms with E-state index in [2.05, 4.69) is 10.6 Å². The van der Waals surface area contributed by atoms with E-state index in [0.717, 1.165) is 0 Å². The van der Waals surface area contributed by atoms with Gasteiger partial charge >= 0.3 is 6.09 Å². The number of anilines is 1. The average Bonchev–Trinajstić information content (AvgIpc) is 2.34. The summed E-state index contributed by atoms with van der Waals surface area (Å²) in [7, 11) is 0. The van der Waals surface area contributed by atoms with Crippen molar-refractivity contribution in [2.75, 3.05) is 11.9 Å². The second-order valence-corrected chi connectivity index (χ2v) is 5.26. The van der Waals surface area contributed by atoms with Crippen LogP contribution >= 0.6 is 0 Å². The van der Waals surface area contributed by atoms with E-state index in [0.29, 0.717) is 11.3 Å². The summed E-state index contributed by atoms with van der Waals surface area (Å²) in [6.45, 7) is 4.95. The molecule has 3 N–H and O–H groups in total. The van der Waals surface area contributed by atoms with Gasteiger partial charge in [-0.15, -0.1) is 0 Å². The SMILES string of the molecule is CC(C)(C)OC(=O)NCC(=O)Nc1cccc(CO)c1. The zero-order chi connectivity index (χ0) is 15.2. The summed E-state index contributed by atoms with van der Waals surface area (Å²) in [5.41, 5.74) is 0.658. The molecule has 0 unspecified atom stereocenters. The third kappa shape index (κ3) is 6.19. The zero-order valence-electron chi connectivity index (χ0n) is 11.9. The van der Waals surface area contributed by atoms with Gasteiger partial charge in [0.25, 0.3) is 0 Å². The van der Waals surface area contributed by atoms with E-state index in [4.69, 9.17) is 9.84 Å². The summed E-state index contributed by atoms with van der Waals surface area (Å²) in [5.74, 6) is -0.369. The molecule has 0 spiro atoms. The minimum absolute atomic E-state index is 0.0974. The Morgan fingerprint density at radius 1 is 1.30 bits per heavy atom. The van der Waals surface area contributed by atoms with Crippen LogP contribution in [-0.4, -0.2) is 29.3 Å². The number of aliphatic hydroxyl groups excluding tert-OH is 1. The molecule has 20 heavy (non-hydrogen) atoms. The highest BCUT2D eigenvalue weighted by Crippen LogP contribution is 2.10. The molecular weight excluding hydrogens is 260 g/mol. The topological polar surface area (TPSA) is 87.7 Å². The van der Waals surface area contributed by atoms with Gasteiger partial charge in [0.1, 0.15) is 12.1 Å². The molecule has 0 saturated carbocycles. The Labute approximate surface area is 118 Å². The monoisotopic (exact) mass is 280 g/mol. The Kier molecular flexibility index (Phi) is 5.52. The lowest BCUT2D eigenvalue weighted by atomic mass is 10.2. The summed E-state index contributed by atoms with van der Waals surface area (Å²) in [5, 5.41) is 14.0. The molecule has 0 aliphatic heterocycles. The molecule has 0 atom stereocenters. The first-order valence-corrected chi connectivity index (χ1v) is 6.26. The van der Waals surface area contributed by atoms with Crippen LogP contribution in [0.25, 0.3) is 0 Å². The van der Waals surface area contributed by atoms with Crippen LogP contribution in [0.5, 0.6) is 0 Å². The van der Waals surface area contributed by atoms with Gasteiger partial charge in [0, 0.05) is 5.69 Å². The maximum atomic E-state index is 11.6. The summed E-state index contributed by atoms with van der Waals surface area (Å²) >= 11 is 0. The Bertz CT molecular complexity index is 480. The first-order valence-electron chi connectivity index (χ1n) is 6.26. The average molecular weight is 280 g/mol. The van der Waals surface area contributed by atoms with Crippen molar-refractivity contribution < 1.29 is 19.4 Å². The molecule has 0 saturated heterocycles. The van der Waals surface area contributed by atoms with Gasteiger partial charge < -0.3 is 20.5 Å². The van der Waals surface area contributed by atoms with Gasteiger partial charge in [-0.1, -0.05) is 12.1 Å². The van der Waals surface area contributed by atoms with E-state index in [1.807, 2.05) is 0 Å². The third-order valence-electron chi connectivity index (χ3n) is 2.19. The smallest absolute Gasteiger partial charge is 0.408 e. The molecule has 0 fully saturated rings. The highest BCUT2D eigenvalue weighted by molar-refractivity contribution is 5.93. The van der Waals surface area contributed by atoms with Gasteiger partial charge in [-0.2, -0.15) is 0 Å². The van der Waals surface area contributed by atoms with Crippen LogP contribution in [0.3, 0.4) is 0 Å². The first-order chi connectivity index (χ1) is 9.30. The number of amides is 2. The lowest BCUT2D eigenvalue weighted by molar-refractivity contribution is -0.115. The van der Waals surface area contributed by atoms with Crippen molar-refractivity contribution in [3.8, 4) is 0 Å². The third-order valence-corrected chi connectivity index (χ3v) is 2.19. The van der Waals surface area contributed by atoms with Gasteiger partial charge in [0.15, 0.2) is 0 Å². The van der Waals surface area contributed by atoms with Gasteiger partial charge in [0.05, 0.1) is 6.61 Å². The Hall–Kier alpha value is -2.08. The molecular formula is C14H20N2O4. The van der Waals surface area contributed by atoms with Crippen LogP contribution in [0.1, 0.15) is 26.3 Å². The predicted octanol–water partition coefficient (Wildman–Crippen LogP) is 1.64. The quantitative estimate of drug-likeness (QED) is 0.782. The number of hydrogen-bond acceptors (Lipinski definition) is 4. The standard InChI is InChI=1S/C14H20N2O4/c1-14(2,3)20-13(19)15-8-12(18)16-11-6-4-5-10(7-11)9-17/h4-7,17H,8-9H2,1-3H3,(H,15,19)(H,16,18). The normalized spacial score (nSPS) is 10.8. The van der Waals surface area contributed by atoms with E-state index < -0.39 is 11.7 Å². The van der Waals surface area contributed by atoms with Crippen LogP contribution in [0, 0.1) is 0 Å². The molecule has 0 bridgehead atoms. The zero-order valence-corrected chi connectivity index (χ0v) is 11.9. The number of hydrogen-bond donors (Lipinski definition) is 3. The van der Waals surface area contributed by atoms with E-state index in [1.54, 1.807) is 45.0 Å². The molecule has 0 heterocycles. The maximum absolute atomic E-state index is 11.6. The number of aliphatic hydroxyl groups is 1. The van der Waals surface area contributed by atoms with Crippen LogP contribution in [0.15, 0.2) is 24.3 Å². The number of alkyl carbamates (subject to hydrolysis) is 1. The van der Waals surface area contributed by atoms with E-state index >= 15 is 0 Å². The summed E-state index contributed by atoms with van der Waals surface area (Å²) in [6, 6.07) is 6.83. The number of rotatable bonds is 4. The van der Waals surface area contributed by atoms with Gasteiger partial charge in [-0.3, -0.25) is 4.79 Å². The summed E-state index contributed by atoms with van der Waals surface area (Å²) < 4.78 is 5.01. The van der Waals surface area contributed by atoms with E-state index in [1.165, 1.54) is 0 Å². The van der Waals surface area contributed by atoms with Crippen molar-refractivity contribution >= 4 is 17.7 Å². The fraction of sp³-hybridized carbons (Fsp3) is 0.429. The number of carbonyl (C=O) groups excluding carboxylic acids is 2. The van der Waals surface area contributed by atoms with Crippen molar-refractivity contribution in [2.45, 2.75) is 33.0 Å². The molecule has 2 amide bonds. The number of carbonyl (C=O) groups is 2. The van der Waals surface area contributed by atoms with Crippen LogP contribution in [-0.2, 0) is 16.1 Å². The summed E-state index contributed by atoms with van der Waals surface area (Å²) in [4.78, 5) is 23.0. The fourth-order valence-electron chi connectivity index (χ4n) is 1.42. The predicted molar refractivity (Wildman–Crippen MR) is 75.2 cm³/mol. The Morgan fingerprint density at radius 3 is 2.60 bits per heavy atom. The van der Waals surface area contributed by atoms with Gasteiger partial charge in [-0.25, -0.2) is 4.79 Å².